The van der Waals surface area contributed by atoms with Crippen LogP contribution in [0.2, 0.25) is 0 Å². The third-order valence-corrected chi connectivity index (χ3v) is 3.93. The minimum atomic E-state index is 0.0812. The minimum Gasteiger partial charge on any atom is -0.494 e. The zero-order chi connectivity index (χ0) is 15.9. The number of benzene rings is 1. The first-order valence-corrected chi connectivity index (χ1v) is 8.41. The molecule has 1 aromatic heterocycles. The van der Waals surface area contributed by atoms with E-state index < -0.39 is 0 Å². The van der Waals surface area contributed by atoms with Crippen molar-refractivity contribution >= 4 is 11.0 Å². The molecule has 0 spiro atoms. The number of hydrogen-bond donors (Lipinski definition) is 0. The van der Waals surface area contributed by atoms with Gasteiger partial charge in [-0.1, -0.05) is 26.7 Å². The SMILES string of the molecule is CCCCc1cc2occ(CCCC)c(=O)c2cc1OCC. The third kappa shape index (κ3) is 3.70. The smallest absolute Gasteiger partial charge is 0.195 e. The van der Waals surface area contributed by atoms with Crippen molar-refractivity contribution in [2.45, 2.75) is 59.3 Å². The molecule has 1 heterocycles. The van der Waals surface area contributed by atoms with E-state index in [-0.39, 0.29) is 5.43 Å². The van der Waals surface area contributed by atoms with Gasteiger partial charge in [0, 0.05) is 5.56 Å². The standard InChI is InChI=1S/C19H26O3/c1-4-7-9-14-11-18-16(12-17(14)21-6-3)19(20)15(13-22-18)10-8-5-2/h11-13H,4-10H2,1-3H3. The summed E-state index contributed by atoms with van der Waals surface area (Å²) in [5.74, 6) is 0.823. The third-order valence-electron chi connectivity index (χ3n) is 3.93. The lowest BCUT2D eigenvalue weighted by atomic mass is 10.0. The lowest BCUT2D eigenvalue weighted by Crippen LogP contribution is -2.09. The first-order chi connectivity index (χ1) is 10.7. The average molecular weight is 302 g/mol. The fourth-order valence-electron chi connectivity index (χ4n) is 2.63. The number of aryl methyl sites for hydroxylation is 2. The number of rotatable bonds is 8. The highest BCUT2D eigenvalue weighted by molar-refractivity contribution is 5.80. The average Bonchev–Trinajstić information content (AvgIpc) is 2.53. The zero-order valence-electron chi connectivity index (χ0n) is 13.9. The van der Waals surface area contributed by atoms with E-state index in [0.717, 1.165) is 55.4 Å². The van der Waals surface area contributed by atoms with Gasteiger partial charge in [0.25, 0.3) is 0 Å². The molecule has 0 saturated carbocycles. The van der Waals surface area contributed by atoms with Crippen LogP contribution < -0.4 is 10.2 Å². The molecule has 0 aliphatic heterocycles. The van der Waals surface area contributed by atoms with Crippen molar-refractivity contribution in [1.82, 2.24) is 0 Å². The van der Waals surface area contributed by atoms with Gasteiger partial charge in [0.05, 0.1) is 18.3 Å². The van der Waals surface area contributed by atoms with Gasteiger partial charge in [-0.2, -0.15) is 0 Å². The van der Waals surface area contributed by atoms with Gasteiger partial charge in [-0.25, -0.2) is 0 Å². The van der Waals surface area contributed by atoms with Gasteiger partial charge in [0.15, 0.2) is 5.43 Å². The predicted molar refractivity (Wildman–Crippen MR) is 90.9 cm³/mol. The van der Waals surface area contributed by atoms with Gasteiger partial charge < -0.3 is 9.15 Å². The molecule has 1 aromatic carbocycles. The Morgan fingerprint density at radius 3 is 2.32 bits per heavy atom. The molecule has 2 rings (SSSR count). The highest BCUT2D eigenvalue weighted by Crippen LogP contribution is 2.26. The lowest BCUT2D eigenvalue weighted by molar-refractivity contribution is 0.336. The van der Waals surface area contributed by atoms with Crippen molar-refractivity contribution in [3.05, 3.63) is 39.7 Å². The molecule has 0 aliphatic rings. The van der Waals surface area contributed by atoms with Crippen molar-refractivity contribution in [2.75, 3.05) is 6.61 Å². The van der Waals surface area contributed by atoms with Gasteiger partial charge >= 0.3 is 0 Å². The van der Waals surface area contributed by atoms with E-state index in [1.54, 1.807) is 6.26 Å². The predicted octanol–water partition coefficient (Wildman–Crippen LogP) is 4.88. The number of unbranched alkanes of at least 4 members (excludes halogenated alkanes) is 2. The molecule has 0 radical (unpaired) electrons. The van der Waals surface area contributed by atoms with E-state index in [0.29, 0.717) is 17.6 Å². The lowest BCUT2D eigenvalue weighted by Gasteiger charge is -2.11. The summed E-state index contributed by atoms with van der Waals surface area (Å²) >= 11 is 0. The Balaban J connectivity index is 2.48. The Hall–Kier alpha value is -1.77. The summed E-state index contributed by atoms with van der Waals surface area (Å²) in [4.78, 5) is 12.6. The molecule has 0 saturated heterocycles. The topological polar surface area (TPSA) is 39.4 Å². The van der Waals surface area contributed by atoms with Crippen LogP contribution in [0.15, 0.2) is 27.6 Å². The van der Waals surface area contributed by atoms with Crippen LogP contribution in [0.4, 0.5) is 0 Å². The first-order valence-electron chi connectivity index (χ1n) is 8.41. The molecule has 0 bridgehead atoms. The molecule has 0 N–H and O–H groups in total. The van der Waals surface area contributed by atoms with Crippen LogP contribution >= 0.6 is 0 Å². The molecule has 3 nitrogen and oxygen atoms in total. The van der Waals surface area contributed by atoms with Crippen molar-refractivity contribution in [1.29, 1.82) is 0 Å². The van der Waals surface area contributed by atoms with Crippen molar-refractivity contribution in [3.63, 3.8) is 0 Å². The Bertz CT molecular complexity index is 670. The Labute approximate surface area is 132 Å². The van der Waals surface area contributed by atoms with E-state index in [2.05, 4.69) is 13.8 Å². The maximum absolute atomic E-state index is 12.6. The number of hydrogen-bond acceptors (Lipinski definition) is 3. The summed E-state index contributed by atoms with van der Waals surface area (Å²) in [5.41, 5.74) is 2.64. The molecule has 3 heteroatoms. The highest BCUT2D eigenvalue weighted by Gasteiger charge is 2.12. The summed E-state index contributed by atoms with van der Waals surface area (Å²) in [6, 6.07) is 3.84. The second kappa shape index (κ2) is 8.02. The maximum Gasteiger partial charge on any atom is 0.195 e. The van der Waals surface area contributed by atoms with E-state index in [9.17, 15) is 4.79 Å². The molecule has 0 aliphatic carbocycles. The minimum absolute atomic E-state index is 0.0812. The van der Waals surface area contributed by atoms with E-state index in [4.69, 9.17) is 9.15 Å². The molecule has 120 valence electrons. The monoisotopic (exact) mass is 302 g/mol. The second-order valence-corrected chi connectivity index (χ2v) is 5.69. The molecule has 2 aromatic rings. The summed E-state index contributed by atoms with van der Waals surface area (Å²) in [7, 11) is 0. The van der Waals surface area contributed by atoms with E-state index >= 15 is 0 Å². The molecule has 0 amide bonds. The van der Waals surface area contributed by atoms with Crippen molar-refractivity contribution in [3.8, 4) is 5.75 Å². The van der Waals surface area contributed by atoms with Crippen molar-refractivity contribution < 1.29 is 9.15 Å². The van der Waals surface area contributed by atoms with Crippen molar-refractivity contribution in [2.24, 2.45) is 0 Å². The summed E-state index contributed by atoms with van der Waals surface area (Å²) in [6.07, 6.45) is 7.65. The Kier molecular flexibility index (Phi) is 6.05. The highest BCUT2D eigenvalue weighted by atomic mass is 16.5. The van der Waals surface area contributed by atoms with Gasteiger partial charge in [-0.3, -0.25) is 4.79 Å². The first kappa shape index (κ1) is 16.6. The van der Waals surface area contributed by atoms with Gasteiger partial charge in [-0.05, 0) is 50.3 Å². The normalized spacial score (nSPS) is 11.0. The van der Waals surface area contributed by atoms with Crippen LogP contribution in [-0.4, -0.2) is 6.61 Å². The van der Waals surface area contributed by atoms with E-state index in [1.807, 2.05) is 19.1 Å². The molecule has 22 heavy (non-hydrogen) atoms. The van der Waals surface area contributed by atoms with E-state index in [1.165, 1.54) is 0 Å². The Morgan fingerprint density at radius 2 is 1.68 bits per heavy atom. The van der Waals surface area contributed by atoms with Crippen LogP contribution in [0.3, 0.4) is 0 Å². The van der Waals surface area contributed by atoms with Crippen LogP contribution in [0, 0.1) is 0 Å². The second-order valence-electron chi connectivity index (χ2n) is 5.69. The summed E-state index contributed by atoms with van der Waals surface area (Å²) in [6.45, 7) is 6.86. The molecule has 0 unspecified atom stereocenters. The maximum atomic E-state index is 12.6. The summed E-state index contributed by atoms with van der Waals surface area (Å²) < 4.78 is 11.5. The number of fused-ring (bicyclic) bond motifs is 1. The fourth-order valence-corrected chi connectivity index (χ4v) is 2.63. The largest absolute Gasteiger partial charge is 0.494 e. The molecule has 0 atom stereocenters. The van der Waals surface area contributed by atoms with Gasteiger partial charge in [0.1, 0.15) is 11.3 Å². The van der Waals surface area contributed by atoms with Crippen LogP contribution in [0.25, 0.3) is 11.0 Å². The summed E-state index contributed by atoms with van der Waals surface area (Å²) in [5, 5.41) is 0.636. The van der Waals surface area contributed by atoms with Gasteiger partial charge in [-0.15, -0.1) is 0 Å². The van der Waals surface area contributed by atoms with Crippen LogP contribution in [0.5, 0.6) is 5.75 Å². The Morgan fingerprint density at radius 1 is 1.00 bits per heavy atom. The number of ether oxygens (including phenoxy) is 1. The van der Waals surface area contributed by atoms with Gasteiger partial charge in [0.2, 0.25) is 0 Å². The fraction of sp³-hybridized carbons (Fsp3) is 0.526. The quantitative estimate of drug-likeness (QED) is 0.698. The molecule has 0 fully saturated rings. The zero-order valence-corrected chi connectivity index (χ0v) is 13.9. The van der Waals surface area contributed by atoms with Crippen LogP contribution in [0.1, 0.15) is 57.6 Å². The molecular weight excluding hydrogens is 276 g/mol. The van der Waals surface area contributed by atoms with Crippen LogP contribution in [-0.2, 0) is 12.8 Å². The molecular formula is C19H26O3.